The van der Waals surface area contributed by atoms with Crippen LogP contribution >= 0.6 is 0 Å². The summed E-state index contributed by atoms with van der Waals surface area (Å²) in [6.07, 6.45) is 0. The molecular weight excluding hydrogens is 330 g/mol. The first kappa shape index (κ1) is 17.7. The van der Waals surface area contributed by atoms with Crippen molar-refractivity contribution in [2.24, 2.45) is 5.92 Å². The van der Waals surface area contributed by atoms with E-state index in [4.69, 9.17) is 0 Å². The van der Waals surface area contributed by atoms with Gasteiger partial charge >= 0.3 is 0 Å². The van der Waals surface area contributed by atoms with Crippen LogP contribution < -0.4 is 4.90 Å². The van der Waals surface area contributed by atoms with E-state index < -0.39 is 17.7 Å². The molecule has 1 unspecified atom stereocenters. The number of ketones is 1. The minimum Gasteiger partial charge on any atom is -0.506 e. The number of amides is 1. The molecule has 5 nitrogen and oxygen atoms in total. The van der Waals surface area contributed by atoms with E-state index in [9.17, 15) is 19.8 Å². The molecule has 2 aromatic carbocycles. The van der Waals surface area contributed by atoms with Crippen LogP contribution in [0.25, 0.3) is 0 Å². The standard InChI is InChI=1S/C21H21NO4/c1-12(2)19(24)17-18(14-7-5-4-6-8-14)22(21(26)20(17)25)15-11-13(3)9-10-16(15)23/h4-12,18,23,25H,1-3H3. The topological polar surface area (TPSA) is 77.8 Å². The van der Waals surface area contributed by atoms with Crippen molar-refractivity contribution in [3.8, 4) is 5.75 Å². The van der Waals surface area contributed by atoms with E-state index in [1.165, 1.54) is 11.0 Å². The summed E-state index contributed by atoms with van der Waals surface area (Å²) in [5.41, 5.74) is 1.87. The van der Waals surface area contributed by atoms with Crippen LogP contribution in [0.4, 0.5) is 5.69 Å². The first-order chi connectivity index (χ1) is 12.3. The van der Waals surface area contributed by atoms with Crippen LogP contribution in [-0.4, -0.2) is 21.9 Å². The van der Waals surface area contributed by atoms with E-state index in [1.807, 2.05) is 13.0 Å². The lowest BCUT2D eigenvalue weighted by molar-refractivity contribution is -0.119. The summed E-state index contributed by atoms with van der Waals surface area (Å²) in [5, 5.41) is 20.8. The SMILES string of the molecule is Cc1ccc(O)c(N2C(=O)C(O)=C(C(=O)C(C)C)C2c2ccccc2)c1. The third-order valence-corrected chi connectivity index (χ3v) is 4.50. The van der Waals surface area contributed by atoms with Gasteiger partial charge in [0.25, 0.3) is 5.91 Å². The van der Waals surface area contributed by atoms with Gasteiger partial charge in [-0.25, -0.2) is 0 Å². The van der Waals surface area contributed by atoms with Crippen molar-refractivity contribution >= 4 is 17.4 Å². The largest absolute Gasteiger partial charge is 0.506 e. The quantitative estimate of drug-likeness (QED) is 0.878. The van der Waals surface area contributed by atoms with Crippen molar-refractivity contribution in [3.63, 3.8) is 0 Å². The van der Waals surface area contributed by atoms with Gasteiger partial charge in [0.05, 0.1) is 17.3 Å². The van der Waals surface area contributed by atoms with Crippen molar-refractivity contribution in [2.75, 3.05) is 4.90 Å². The van der Waals surface area contributed by atoms with Gasteiger partial charge in [0.15, 0.2) is 11.5 Å². The Balaban J connectivity index is 2.23. The van der Waals surface area contributed by atoms with Crippen LogP contribution in [0, 0.1) is 12.8 Å². The summed E-state index contributed by atoms with van der Waals surface area (Å²) in [6, 6.07) is 13.1. The highest BCUT2D eigenvalue weighted by atomic mass is 16.3. The molecule has 2 N–H and O–H groups in total. The second kappa shape index (κ2) is 6.67. The average molecular weight is 351 g/mol. The normalized spacial score (nSPS) is 17.3. The van der Waals surface area contributed by atoms with Gasteiger partial charge in [-0.15, -0.1) is 0 Å². The molecule has 1 atom stereocenters. The summed E-state index contributed by atoms with van der Waals surface area (Å²) >= 11 is 0. The van der Waals surface area contributed by atoms with Gasteiger partial charge in [-0.2, -0.15) is 0 Å². The number of anilines is 1. The maximum atomic E-state index is 12.8. The average Bonchev–Trinajstić information content (AvgIpc) is 2.88. The number of Topliss-reactive ketones (excluding diaryl/α,β-unsaturated/α-hetero) is 1. The number of carbonyl (C=O) groups excluding carboxylic acids is 2. The number of aromatic hydroxyl groups is 1. The van der Waals surface area contributed by atoms with E-state index in [1.54, 1.807) is 50.2 Å². The van der Waals surface area contributed by atoms with E-state index in [0.29, 0.717) is 5.56 Å². The molecule has 0 bridgehead atoms. The predicted molar refractivity (Wildman–Crippen MR) is 99.0 cm³/mol. The number of benzene rings is 2. The number of rotatable bonds is 4. The van der Waals surface area contributed by atoms with Gasteiger partial charge in [-0.1, -0.05) is 50.2 Å². The zero-order valence-electron chi connectivity index (χ0n) is 14.9. The van der Waals surface area contributed by atoms with Crippen molar-refractivity contribution in [1.82, 2.24) is 0 Å². The smallest absolute Gasteiger partial charge is 0.294 e. The molecule has 1 aliphatic heterocycles. The summed E-state index contributed by atoms with van der Waals surface area (Å²) in [5.74, 6) is -2.00. The Labute approximate surface area is 152 Å². The minimum atomic E-state index is -0.786. The van der Waals surface area contributed by atoms with Gasteiger partial charge in [-0.05, 0) is 30.2 Å². The maximum Gasteiger partial charge on any atom is 0.294 e. The fourth-order valence-electron chi connectivity index (χ4n) is 3.19. The zero-order valence-corrected chi connectivity index (χ0v) is 14.9. The number of hydrogen-bond acceptors (Lipinski definition) is 4. The molecule has 1 heterocycles. The van der Waals surface area contributed by atoms with Crippen molar-refractivity contribution in [2.45, 2.75) is 26.8 Å². The lowest BCUT2D eigenvalue weighted by atomic mass is 9.91. The van der Waals surface area contributed by atoms with Gasteiger partial charge in [0.1, 0.15) is 5.75 Å². The molecule has 0 aliphatic carbocycles. The molecule has 0 saturated carbocycles. The Kier molecular flexibility index (Phi) is 4.55. The molecule has 5 heteroatoms. The second-order valence-electron chi connectivity index (χ2n) is 6.76. The third kappa shape index (κ3) is 2.86. The van der Waals surface area contributed by atoms with Gasteiger partial charge in [-0.3, -0.25) is 14.5 Å². The molecule has 26 heavy (non-hydrogen) atoms. The number of nitrogens with zero attached hydrogens (tertiary/aromatic N) is 1. The lowest BCUT2D eigenvalue weighted by Gasteiger charge is -2.28. The van der Waals surface area contributed by atoms with Gasteiger partial charge in [0.2, 0.25) is 0 Å². The summed E-state index contributed by atoms with van der Waals surface area (Å²) in [6.45, 7) is 5.29. The van der Waals surface area contributed by atoms with Crippen LogP contribution in [0.1, 0.15) is 31.0 Å². The molecule has 0 aromatic heterocycles. The first-order valence-electron chi connectivity index (χ1n) is 8.48. The predicted octanol–water partition coefficient (Wildman–Crippen LogP) is 3.83. The molecule has 1 aliphatic rings. The fraction of sp³-hybridized carbons (Fsp3) is 0.238. The number of aliphatic hydroxyl groups excluding tert-OH is 1. The molecule has 3 rings (SSSR count). The zero-order chi connectivity index (χ0) is 19.0. The number of carbonyl (C=O) groups is 2. The summed E-state index contributed by atoms with van der Waals surface area (Å²) in [7, 11) is 0. The van der Waals surface area contributed by atoms with Crippen LogP contribution in [-0.2, 0) is 9.59 Å². The molecule has 1 amide bonds. The Bertz CT molecular complexity index is 899. The number of phenolic OH excluding ortho intramolecular Hbond substituents is 1. The lowest BCUT2D eigenvalue weighted by Crippen LogP contribution is -2.31. The minimum absolute atomic E-state index is 0.0668. The van der Waals surface area contributed by atoms with Crippen molar-refractivity contribution in [3.05, 3.63) is 71.0 Å². The molecule has 0 radical (unpaired) electrons. The Hall–Kier alpha value is -3.08. The molecule has 0 spiro atoms. The number of aryl methyl sites for hydroxylation is 1. The van der Waals surface area contributed by atoms with Gasteiger partial charge in [0, 0.05) is 5.92 Å². The monoisotopic (exact) mass is 351 g/mol. The Morgan fingerprint density at radius 3 is 2.35 bits per heavy atom. The summed E-state index contributed by atoms with van der Waals surface area (Å²) in [4.78, 5) is 26.9. The number of hydrogen-bond donors (Lipinski definition) is 2. The number of aliphatic hydroxyl groups is 1. The van der Waals surface area contributed by atoms with Crippen LogP contribution in [0.15, 0.2) is 59.9 Å². The van der Waals surface area contributed by atoms with Gasteiger partial charge < -0.3 is 10.2 Å². The molecule has 2 aromatic rings. The Morgan fingerprint density at radius 1 is 1.08 bits per heavy atom. The fourth-order valence-corrected chi connectivity index (χ4v) is 3.19. The van der Waals surface area contributed by atoms with Crippen LogP contribution in [0.5, 0.6) is 5.75 Å². The maximum absolute atomic E-state index is 12.8. The first-order valence-corrected chi connectivity index (χ1v) is 8.48. The van der Waals surface area contributed by atoms with Crippen molar-refractivity contribution < 1.29 is 19.8 Å². The highest BCUT2D eigenvalue weighted by Gasteiger charge is 2.45. The van der Waals surface area contributed by atoms with E-state index in [0.717, 1.165) is 5.56 Å². The number of phenols is 1. The van der Waals surface area contributed by atoms with Crippen LogP contribution in [0.3, 0.4) is 0 Å². The van der Waals surface area contributed by atoms with E-state index in [2.05, 4.69) is 0 Å². The highest BCUT2D eigenvalue weighted by molar-refractivity contribution is 6.17. The summed E-state index contributed by atoms with van der Waals surface area (Å²) < 4.78 is 0. The molecular formula is C21H21NO4. The molecule has 134 valence electrons. The van der Waals surface area contributed by atoms with Crippen molar-refractivity contribution in [1.29, 1.82) is 0 Å². The Morgan fingerprint density at radius 2 is 1.73 bits per heavy atom. The van der Waals surface area contributed by atoms with Crippen LogP contribution in [0.2, 0.25) is 0 Å². The van der Waals surface area contributed by atoms with E-state index >= 15 is 0 Å². The highest BCUT2D eigenvalue weighted by Crippen LogP contribution is 2.44. The molecule has 0 fully saturated rings. The second-order valence-corrected chi connectivity index (χ2v) is 6.76. The third-order valence-electron chi connectivity index (χ3n) is 4.50. The molecule has 0 saturated heterocycles. The van der Waals surface area contributed by atoms with E-state index in [-0.39, 0.29) is 28.7 Å².